The lowest BCUT2D eigenvalue weighted by Crippen LogP contribution is -1.76. The second kappa shape index (κ2) is 2.54. The Labute approximate surface area is 74.4 Å². The molecule has 0 amide bonds. The van der Waals surface area contributed by atoms with Gasteiger partial charge in [-0.2, -0.15) is 5.26 Å². The van der Waals surface area contributed by atoms with Crippen molar-refractivity contribution in [2.45, 2.75) is 0 Å². The quantitative estimate of drug-likeness (QED) is 0.659. The number of nitriles is 1. The van der Waals surface area contributed by atoms with Crippen molar-refractivity contribution in [2.24, 2.45) is 0 Å². The van der Waals surface area contributed by atoms with Gasteiger partial charge in [-0.1, -0.05) is 11.6 Å². The lowest BCUT2D eigenvalue weighted by Gasteiger charge is -1.94. The van der Waals surface area contributed by atoms with Crippen molar-refractivity contribution in [3.63, 3.8) is 0 Å². The summed E-state index contributed by atoms with van der Waals surface area (Å²) in [4.78, 5) is 3.02. The highest BCUT2D eigenvalue weighted by Crippen LogP contribution is 2.22. The molecule has 0 radical (unpaired) electrons. The lowest BCUT2D eigenvalue weighted by molar-refractivity contribution is 1.47. The van der Waals surface area contributed by atoms with Crippen molar-refractivity contribution in [3.05, 3.63) is 35.0 Å². The Morgan fingerprint density at radius 2 is 2.25 bits per heavy atom. The number of nitrogens with zero attached hydrogens (tertiary/aromatic N) is 1. The number of benzene rings is 1. The third-order valence-corrected chi connectivity index (χ3v) is 2.07. The summed E-state index contributed by atoms with van der Waals surface area (Å²) in [7, 11) is 0. The normalized spacial score (nSPS) is 10.0. The molecule has 12 heavy (non-hydrogen) atoms. The van der Waals surface area contributed by atoms with E-state index in [-0.39, 0.29) is 0 Å². The Hall–Kier alpha value is -1.46. The van der Waals surface area contributed by atoms with Crippen molar-refractivity contribution in [1.82, 2.24) is 4.98 Å². The molecule has 0 bridgehead atoms. The second-order valence-electron chi connectivity index (χ2n) is 2.51. The van der Waals surface area contributed by atoms with Gasteiger partial charge in [0.15, 0.2) is 0 Å². The maximum absolute atomic E-state index is 8.67. The van der Waals surface area contributed by atoms with Gasteiger partial charge < -0.3 is 4.98 Å². The fourth-order valence-corrected chi connectivity index (χ4v) is 1.37. The predicted molar refractivity (Wildman–Crippen MR) is 48.0 cm³/mol. The molecule has 0 atom stereocenters. The van der Waals surface area contributed by atoms with Crippen LogP contribution in [0.1, 0.15) is 5.56 Å². The Bertz CT molecular complexity index is 465. The summed E-state index contributed by atoms with van der Waals surface area (Å²) in [5, 5.41) is 10.2. The molecule has 0 aliphatic heterocycles. The van der Waals surface area contributed by atoms with Crippen LogP contribution < -0.4 is 0 Å². The molecule has 58 valence electrons. The highest BCUT2D eigenvalue weighted by Gasteiger charge is 2.01. The van der Waals surface area contributed by atoms with E-state index in [0.717, 1.165) is 10.9 Å². The van der Waals surface area contributed by atoms with Crippen LogP contribution in [0.5, 0.6) is 0 Å². The van der Waals surface area contributed by atoms with E-state index in [1.54, 1.807) is 12.1 Å². The van der Waals surface area contributed by atoms with Crippen molar-refractivity contribution in [3.8, 4) is 6.07 Å². The zero-order valence-electron chi connectivity index (χ0n) is 6.13. The highest BCUT2D eigenvalue weighted by molar-refractivity contribution is 6.32. The van der Waals surface area contributed by atoms with E-state index in [0.29, 0.717) is 10.6 Å². The molecular weight excluding hydrogens is 172 g/mol. The van der Waals surface area contributed by atoms with E-state index in [9.17, 15) is 0 Å². The molecule has 1 N–H and O–H groups in total. The van der Waals surface area contributed by atoms with Gasteiger partial charge >= 0.3 is 0 Å². The first-order valence-electron chi connectivity index (χ1n) is 3.48. The summed E-state index contributed by atoms with van der Waals surface area (Å²) in [5.41, 5.74) is 1.47. The number of nitrogens with one attached hydrogen (secondary N) is 1. The molecule has 0 saturated heterocycles. The van der Waals surface area contributed by atoms with Crippen molar-refractivity contribution in [2.75, 3.05) is 0 Å². The van der Waals surface area contributed by atoms with E-state index in [1.807, 2.05) is 18.3 Å². The summed E-state index contributed by atoms with van der Waals surface area (Å²) >= 11 is 5.82. The Balaban J connectivity index is 2.84. The third kappa shape index (κ3) is 0.956. The van der Waals surface area contributed by atoms with Crippen molar-refractivity contribution < 1.29 is 0 Å². The summed E-state index contributed by atoms with van der Waals surface area (Å²) < 4.78 is 0. The van der Waals surface area contributed by atoms with Gasteiger partial charge in [-0.25, -0.2) is 0 Å². The number of aromatic nitrogens is 1. The van der Waals surface area contributed by atoms with Crippen molar-refractivity contribution >= 4 is 22.5 Å². The summed E-state index contributed by atoms with van der Waals surface area (Å²) in [6.07, 6.45) is 1.82. The zero-order chi connectivity index (χ0) is 8.55. The van der Waals surface area contributed by atoms with Crippen LogP contribution in [-0.4, -0.2) is 4.98 Å². The van der Waals surface area contributed by atoms with Gasteiger partial charge in [0.1, 0.15) is 6.07 Å². The first-order valence-corrected chi connectivity index (χ1v) is 3.86. The van der Waals surface area contributed by atoms with Gasteiger partial charge in [-0.15, -0.1) is 0 Å². The highest BCUT2D eigenvalue weighted by atomic mass is 35.5. The molecule has 1 aromatic heterocycles. The Kier molecular flexibility index (Phi) is 1.53. The molecule has 0 fully saturated rings. The lowest BCUT2D eigenvalue weighted by atomic mass is 10.2. The number of hydrogen-bond acceptors (Lipinski definition) is 1. The van der Waals surface area contributed by atoms with Crippen LogP contribution in [0.4, 0.5) is 0 Å². The molecular formula is C9H5ClN2. The fraction of sp³-hybridized carbons (Fsp3) is 0. The van der Waals surface area contributed by atoms with E-state index in [4.69, 9.17) is 16.9 Å². The minimum absolute atomic E-state index is 0.493. The van der Waals surface area contributed by atoms with Crippen LogP contribution in [0.25, 0.3) is 10.9 Å². The monoisotopic (exact) mass is 176 g/mol. The molecule has 0 saturated carbocycles. The van der Waals surface area contributed by atoms with Crippen LogP contribution >= 0.6 is 11.6 Å². The molecule has 3 heteroatoms. The van der Waals surface area contributed by atoms with Gasteiger partial charge in [0, 0.05) is 17.1 Å². The van der Waals surface area contributed by atoms with Crippen LogP contribution in [0, 0.1) is 11.3 Å². The molecule has 0 aliphatic carbocycles. The van der Waals surface area contributed by atoms with E-state index in [1.165, 1.54) is 0 Å². The van der Waals surface area contributed by atoms with Crippen LogP contribution in [0.15, 0.2) is 24.4 Å². The summed E-state index contributed by atoms with van der Waals surface area (Å²) in [6, 6.07) is 7.47. The Morgan fingerprint density at radius 1 is 1.42 bits per heavy atom. The van der Waals surface area contributed by atoms with E-state index < -0.39 is 0 Å². The number of fused-ring (bicyclic) bond motifs is 1. The van der Waals surface area contributed by atoms with E-state index >= 15 is 0 Å². The van der Waals surface area contributed by atoms with Gasteiger partial charge in [0.2, 0.25) is 0 Å². The minimum atomic E-state index is 0.493. The molecule has 1 heterocycles. The fourth-order valence-electron chi connectivity index (χ4n) is 1.16. The molecule has 0 spiro atoms. The number of H-pyrrole nitrogens is 1. The van der Waals surface area contributed by atoms with E-state index in [2.05, 4.69) is 4.98 Å². The number of rotatable bonds is 0. The summed E-state index contributed by atoms with van der Waals surface area (Å²) in [6.45, 7) is 0. The van der Waals surface area contributed by atoms with Gasteiger partial charge in [-0.05, 0) is 18.2 Å². The van der Waals surface area contributed by atoms with Gasteiger partial charge in [0.05, 0.1) is 10.6 Å². The number of aromatic amines is 1. The number of hydrogen-bond donors (Lipinski definition) is 1. The van der Waals surface area contributed by atoms with Gasteiger partial charge in [-0.3, -0.25) is 0 Å². The maximum Gasteiger partial charge on any atom is 0.101 e. The SMILES string of the molecule is N#Cc1cc2cc[nH]c2cc1Cl. The van der Waals surface area contributed by atoms with Crippen LogP contribution in [0.2, 0.25) is 5.02 Å². The van der Waals surface area contributed by atoms with Gasteiger partial charge in [0.25, 0.3) is 0 Å². The smallest absolute Gasteiger partial charge is 0.101 e. The summed E-state index contributed by atoms with van der Waals surface area (Å²) in [5.74, 6) is 0. The molecule has 2 rings (SSSR count). The second-order valence-corrected chi connectivity index (χ2v) is 2.92. The predicted octanol–water partition coefficient (Wildman–Crippen LogP) is 2.69. The third-order valence-electron chi connectivity index (χ3n) is 1.76. The van der Waals surface area contributed by atoms with Crippen LogP contribution in [0.3, 0.4) is 0 Å². The molecule has 2 aromatic rings. The first kappa shape index (κ1) is 7.20. The number of halogens is 1. The average molecular weight is 177 g/mol. The first-order chi connectivity index (χ1) is 5.81. The average Bonchev–Trinajstić information content (AvgIpc) is 2.49. The molecule has 2 nitrogen and oxygen atoms in total. The Morgan fingerprint density at radius 3 is 3.00 bits per heavy atom. The topological polar surface area (TPSA) is 39.6 Å². The molecule has 1 aromatic carbocycles. The largest absolute Gasteiger partial charge is 0.361 e. The standard InChI is InChI=1S/C9H5ClN2/c10-8-4-9-6(1-2-12-9)3-7(8)5-11/h1-4,12H. The maximum atomic E-state index is 8.67. The molecule has 0 unspecified atom stereocenters. The molecule has 0 aliphatic rings. The zero-order valence-corrected chi connectivity index (χ0v) is 6.89. The van der Waals surface area contributed by atoms with Crippen molar-refractivity contribution in [1.29, 1.82) is 5.26 Å². The minimum Gasteiger partial charge on any atom is -0.361 e. The van der Waals surface area contributed by atoms with Crippen LogP contribution in [-0.2, 0) is 0 Å².